The number of furan rings is 1. The summed E-state index contributed by atoms with van der Waals surface area (Å²) in [5, 5.41) is 10.1. The van der Waals surface area contributed by atoms with Crippen molar-refractivity contribution < 1.29 is 14.3 Å². The number of fused-ring (bicyclic) bond motifs is 1. The van der Waals surface area contributed by atoms with Crippen LogP contribution in [-0.4, -0.2) is 29.1 Å². The van der Waals surface area contributed by atoms with Crippen LogP contribution in [-0.2, 0) is 11.3 Å². The quantitative estimate of drug-likeness (QED) is 0.901. The average molecular weight is 245 g/mol. The van der Waals surface area contributed by atoms with Crippen LogP contribution in [0.3, 0.4) is 0 Å². The lowest BCUT2D eigenvalue weighted by atomic mass is 10.1. The molecule has 0 bridgehead atoms. The minimum absolute atomic E-state index is 0.219. The molecule has 1 fully saturated rings. The highest BCUT2D eigenvalue weighted by Crippen LogP contribution is 2.25. The molecule has 3 rings (SSSR count). The van der Waals surface area contributed by atoms with E-state index in [4.69, 9.17) is 9.52 Å². The van der Waals surface area contributed by atoms with E-state index in [0.29, 0.717) is 6.54 Å². The van der Waals surface area contributed by atoms with Gasteiger partial charge in [0.05, 0.1) is 12.2 Å². The van der Waals surface area contributed by atoms with E-state index in [-0.39, 0.29) is 5.92 Å². The van der Waals surface area contributed by atoms with Crippen molar-refractivity contribution in [1.29, 1.82) is 0 Å². The van der Waals surface area contributed by atoms with Crippen LogP contribution in [0, 0.1) is 5.92 Å². The summed E-state index contributed by atoms with van der Waals surface area (Å²) in [4.78, 5) is 13.1. The summed E-state index contributed by atoms with van der Waals surface area (Å²) in [6.07, 6.45) is 2.52. The first-order chi connectivity index (χ1) is 8.74. The molecule has 2 aromatic rings. The van der Waals surface area contributed by atoms with Crippen molar-refractivity contribution in [1.82, 2.24) is 4.90 Å². The third-order valence-electron chi connectivity index (χ3n) is 3.58. The van der Waals surface area contributed by atoms with Crippen LogP contribution >= 0.6 is 0 Å². The van der Waals surface area contributed by atoms with Crippen molar-refractivity contribution in [3.8, 4) is 0 Å². The van der Waals surface area contributed by atoms with Gasteiger partial charge in [0, 0.05) is 24.0 Å². The van der Waals surface area contributed by atoms with Gasteiger partial charge in [-0.25, -0.2) is 0 Å². The van der Waals surface area contributed by atoms with E-state index in [1.807, 2.05) is 24.3 Å². The minimum Gasteiger partial charge on any atom is -0.481 e. The molecule has 18 heavy (non-hydrogen) atoms. The number of carboxylic acid groups (broad SMARTS) is 1. The fourth-order valence-electron chi connectivity index (χ4n) is 2.57. The average Bonchev–Trinajstić information content (AvgIpc) is 2.98. The van der Waals surface area contributed by atoms with Crippen molar-refractivity contribution in [2.45, 2.75) is 13.0 Å². The zero-order chi connectivity index (χ0) is 12.5. The molecule has 0 radical (unpaired) electrons. The molecular formula is C14H15NO3. The van der Waals surface area contributed by atoms with Gasteiger partial charge in [0.15, 0.2) is 0 Å². The maximum Gasteiger partial charge on any atom is 0.307 e. The van der Waals surface area contributed by atoms with Crippen LogP contribution in [0.2, 0.25) is 0 Å². The van der Waals surface area contributed by atoms with Gasteiger partial charge in [0.25, 0.3) is 0 Å². The first-order valence-electron chi connectivity index (χ1n) is 6.14. The maximum absolute atomic E-state index is 10.9. The number of likely N-dealkylation sites (tertiary alicyclic amines) is 1. The van der Waals surface area contributed by atoms with Crippen LogP contribution < -0.4 is 0 Å². The second-order valence-corrected chi connectivity index (χ2v) is 4.82. The highest BCUT2D eigenvalue weighted by molar-refractivity contribution is 5.80. The number of hydrogen-bond acceptors (Lipinski definition) is 3. The number of benzene rings is 1. The zero-order valence-corrected chi connectivity index (χ0v) is 10.0. The highest BCUT2D eigenvalue weighted by Gasteiger charge is 2.28. The lowest BCUT2D eigenvalue weighted by molar-refractivity contribution is -0.141. The Morgan fingerprint density at radius 3 is 3.06 bits per heavy atom. The second kappa shape index (κ2) is 4.46. The summed E-state index contributed by atoms with van der Waals surface area (Å²) < 4.78 is 5.49. The van der Waals surface area contributed by atoms with Gasteiger partial charge in [-0.05, 0) is 19.0 Å². The fourth-order valence-corrected chi connectivity index (χ4v) is 2.57. The standard InChI is InChI=1S/C14H15NO3/c16-14(17)10-5-6-15(7-10)8-11-9-18-13-4-2-1-3-12(11)13/h1-4,9-10H,5-8H2,(H,16,17). The first kappa shape index (κ1) is 11.3. The predicted molar refractivity (Wildman–Crippen MR) is 67.2 cm³/mol. The number of rotatable bonds is 3. The van der Waals surface area contributed by atoms with E-state index in [2.05, 4.69) is 4.90 Å². The number of carboxylic acids is 1. The van der Waals surface area contributed by atoms with Crippen LogP contribution in [0.1, 0.15) is 12.0 Å². The van der Waals surface area contributed by atoms with Crippen LogP contribution in [0.5, 0.6) is 0 Å². The fraction of sp³-hybridized carbons (Fsp3) is 0.357. The summed E-state index contributed by atoms with van der Waals surface area (Å²) >= 11 is 0. The molecular weight excluding hydrogens is 230 g/mol. The summed E-state index contributed by atoms with van der Waals surface area (Å²) in [6, 6.07) is 7.93. The molecule has 1 aromatic heterocycles. The van der Waals surface area contributed by atoms with Crippen molar-refractivity contribution in [3.63, 3.8) is 0 Å². The molecule has 1 N–H and O–H groups in total. The first-order valence-corrected chi connectivity index (χ1v) is 6.14. The molecule has 4 heteroatoms. The van der Waals surface area contributed by atoms with Crippen molar-refractivity contribution >= 4 is 16.9 Å². The van der Waals surface area contributed by atoms with Crippen molar-refractivity contribution in [3.05, 3.63) is 36.1 Å². The largest absolute Gasteiger partial charge is 0.481 e. The number of aliphatic carboxylic acids is 1. The Morgan fingerprint density at radius 1 is 1.44 bits per heavy atom. The van der Waals surface area contributed by atoms with E-state index < -0.39 is 5.97 Å². The Kier molecular flexibility index (Phi) is 2.80. The number of carbonyl (C=O) groups is 1. The Labute approximate surface area is 105 Å². The summed E-state index contributed by atoms with van der Waals surface area (Å²) in [5.74, 6) is -0.905. The Hall–Kier alpha value is -1.81. The molecule has 1 aromatic carbocycles. The molecule has 1 unspecified atom stereocenters. The van der Waals surface area contributed by atoms with Gasteiger partial charge in [0.1, 0.15) is 5.58 Å². The smallest absolute Gasteiger partial charge is 0.307 e. The summed E-state index contributed by atoms with van der Waals surface area (Å²) in [5.41, 5.74) is 2.03. The highest BCUT2D eigenvalue weighted by atomic mass is 16.4. The van der Waals surface area contributed by atoms with Crippen LogP contribution in [0.25, 0.3) is 11.0 Å². The molecule has 2 heterocycles. The topological polar surface area (TPSA) is 53.7 Å². The molecule has 1 aliphatic rings. The predicted octanol–water partition coefficient (Wildman–Crippen LogP) is 2.34. The van der Waals surface area contributed by atoms with Crippen molar-refractivity contribution in [2.75, 3.05) is 13.1 Å². The van der Waals surface area contributed by atoms with Gasteiger partial charge in [-0.3, -0.25) is 9.69 Å². The molecule has 0 amide bonds. The lowest BCUT2D eigenvalue weighted by Gasteiger charge is -2.13. The van der Waals surface area contributed by atoms with E-state index in [9.17, 15) is 4.79 Å². The Morgan fingerprint density at radius 2 is 2.28 bits per heavy atom. The molecule has 1 aliphatic heterocycles. The van der Waals surface area contributed by atoms with Gasteiger partial charge in [-0.1, -0.05) is 18.2 Å². The maximum atomic E-state index is 10.9. The molecule has 94 valence electrons. The number of para-hydroxylation sites is 1. The molecule has 1 saturated heterocycles. The van der Waals surface area contributed by atoms with Gasteiger partial charge in [-0.2, -0.15) is 0 Å². The van der Waals surface area contributed by atoms with Gasteiger partial charge in [-0.15, -0.1) is 0 Å². The molecule has 1 atom stereocenters. The van der Waals surface area contributed by atoms with Gasteiger partial charge in [0.2, 0.25) is 0 Å². The minimum atomic E-state index is -0.686. The monoisotopic (exact) mass is 245 g/mol. The molecule has 4 nitrogen and oxygen atoms in total. The van der Waals surface area contributed by atoms with Gasteiger partial charge < -0.3 is 9.52 Å². The van der Waals surface area contributed by atoms with Crippen LogP contribution in [0.15, 0.2) is 34.9 Å². The van der Waals surface area contributed by atoms with Crippen LogP contribution in [0.4, 0.5) is 0 Å². The third-order valence-corrected chi connectivity index (χ3v) is 3.58. The van der Waals surface area contributed by atoms with E-state index in [0.717, 1.165) is 36.0 Å². The molecule has 0 saturated carbocycles. The molecule has 0 aliphatic carbocycles. The Bertz CT molecular complexity index is 575. The second-order valence-electron chi connectivity index (χ2n) is 4.82. The summed E-state index contributed by atoms with van der Waals surface area (Å²) in [7, 11) is 0. The van der Waals surface area contributed by atoms with Gasteiger partial charge >= 0.3 is 5.97 Å². The summed E-state index contributed by atoms with van der Waals surface area (Å²) in [6.45, 7) is 2.24. The number of nitrogens with zero attached hydrogens (tertiary/aromatic N) is 1. The normalized spacial score (nSPS) is 20.6. The van der Waals surface area contributed by atoms with E-state index in [1.165, 1.54) is 0 Å². The Balaban J connectivity index is 1.76. The SMILES string of the molecule is O=C(O)C1CCN(Cc2coc3ccccc23)C1. The number of hydrogen-bond donors (Lipinski definition) is 1. The van der Waals surface area contributed by atoms with E-state index in [1.54, 1.807) is 6.26 Å². The van der Waals surface area contributed by atoms with E-state index >= 15 is 0 Å². The molecule has 0 spiro atoms. The third kappa shape index (κ3) is 1.99. The van der Waals surface area contributed by atoms with Crippen molar-refractivity contribution in [2.24, 2.45) is 5.92 Å². The zero-order valence-electron chi connectivity index (χ0n) is 10.0. The lowest BCUT2D eigenvalue weighted by Crippen LogP contribution is -2.22.